The van der Waals surface area contributed by atoms with E-state index >= 15 is 0 Å². The third kappa shape index (κ3) is 5.67. The van der Waals surface area contributed by atoms with Crippen LogP contribution in [0, 0.1) is 6.92 Å². The molecule has 0 N–H and O–H groups in total. The highest BCUT2D eigenvalue weighted by atomic mass is 19.4. The quantitative estimate of drug-likeness (QED) is 0.400. The van der Waals surface area contributed by atoms with Crippen LogP contribution in [0.4, 0.5) is 13.2 Å². The number of hydrogen-bond donors (Lipinski definition) is 0. The number of rotatable bonds is 6. The maximum Gasteiger partial charge on any atom is 0.416 e. The summed E-state index contributed by atoms with van der Waals surface area (Å²) in [5, 5.41) is 0. The summed E-state index contributed by atoms with van der Waals surface area (Å²) in [6.07, 6.45) is 2.85. The van der Waals surface area contributed by atoms with Crippen molar-refractivity contribution in [3.05, 3.63) is 94.8 Å². The maximum atomic E-state index is 13.5. The molecule has 0 bridgehead atoms. The zero-order valence-electron chi connectivity index (χ0n) is 18.8. The first-order valence-corrected chi connectivity index (χ1v) is 11.5. The van der Waals surface area contributed by atoms with Gasteiger partial charge in [-0.05, 0) is 61.7 Å². The first kappa shape index (κ1) is 23.1. The number of alkyl halides is 3. The van der Waals surface area contributed by atoms with E-state index < -0.39 is 11.7 Å². The number of nitrogens with zero attached hydrogens (tertiary/aromatic N) is 2. The Hall–Kier alpha value is -3.02. The fourth-order valence-corrected chi connectivity index (χ4v) is 4.59. The van der Waals surface area contributed by atoms with Crippen LogP contribution in [0.25, 0.3) is 0 Å². The van der Waals surface area contributed by atoms with Crippen LogP contribution in [-0.2, 0) is 19.3 Å². The van der Waals surface area contributed by atoms with Gasteiger partial charge in [0.2, 0.25) is 0 Å². The normalized spacial score (nSPS) is 14.9. The molecule has 0 radical (unpaired) electrons. The van der Waals surface area contributed by atoms with Gasteiger partial charge in [-0.3, -0.25) is 4.79 Å². The molecule has 3 nitrogen and oxygen atoms in total. The summed E-state index contributed by atoms with van der Waals surface area (Å²) in [6.45, 7) is 2.75. The van der Waals surface area contributed by atoms with Crippen molar-refractivity contribution < 1.29 is 18.0 Å². The van der Waals surface area contributed by atoms with Gasteiger partial charge in [-0.1, -0.05) is 49.1 Å². The molecule has 2 aromatic carbocycles. The number of carbonyl (C=O) groups is 1. The topological polar surface area (TPSA) is 25.2 Å². The predicted molar refractivity (Wildman–Crippen MR) is 123 cm³/mol. The van der Waals surface area contributed by atoms with Crippen LogP contribution in [0.2, 0.25) is 0 Å². The first-order valence-electron chi connectivity index (χ1n) is 11.5. The minimum absolute atomic E-state index is 0.00807. The molecular formula is C27H29F3N2O. The number of aryl methyl sites for hydroxylation is 1. The molecule has 33 heavy (non-hydrogen) atoms. The molecule has 0 saturated heterocycles. The molecule has 6 heteroatoms. The molecule has 0 unspecified atom stereocenters. The van der Waals surface area contributed by atoms with Gasteiger partial charge in [-0.15, -0.1) is 0 Å². The molecule has 1 amide bonds. The van der Waals surface area contributed by atoms with Gasteiger partial charge < -0.3 is 9.47 Å². The van der Waals surface area contributed by atoms with Crippen LogP contribution < -0.4 is 0 Å². The largest absolute Gasteiger partial charge is 0.416 e. The van der Waals surface area contributed by atoms with Gasteiger partial charge in [0.15, 0.2) is 0 Å². The van der Waals surface area contributed by atoms with Crippen molar-refractivity contribution in [3.63, 3.8) is 0 Å². The third-order valence-corrected chi connectivity index (χ3v) is 6.44. The third-order valence-electron chi connectivity index (χ3n) is 6.44. The van der Waals surface area contributed by atoms with E-state index in [-0.39, 0.29) is 11.9 Å². The summed E-state index contributed by atoms with van der Waals surface area (Å²) in [6, 6.07) is 17.1. The van der Waals surface area contributed by atoms with E-state index in [9.17, 15) is 18.0 Å². The van der Waals surface area contributed by atoms with E-state index in [0.717, 1.165) is 43.0 Å². The summed E-state index contributed by atoms with van der Waals surface area (Å²) in [7, 11) is 0. The summed E-state index contributed by atoms with van der Waals surface area (Å²) in [5.74, 6) is 0.00807. The van der Waals surface area contributed by atoms with Crippen molar-refractivity contribution in [2.45, 2.75) is 64.3 Å². The van der Waals surface area contributed by atoms with Gasteiger partial charge >= 0.3 is 6.18 Å². The standard InChI is InChI=1S/C27H29F3N2O/c1-20-12-14-22(15-13-20)26(33)32(24-9-3-2-4-10-24)19-25-11-6-16-31(25)18-21-7-5-8-23(17-21)27(28,29)30/h5-8,11-17,24H,2-4,9-10,18-19H2,1H3. The number of hydrogen-bond acceptors (Lipinski definition) is 1. The summed E-state index contributed by atoms with van der Waals surface area (Å²) in [4.78, 5) is 15.5. The minimum Gasteiger partial charge on any atom is -0.345 e. The first-order chi connectivity index (χ1) is 15.8. The fraction of sp³-hybridized carbons (Fsp3) is 0.370. The Morgan fingerprint density at radius 1 is 1.00 bits per heavy atom. The molecule has 174 valence electrons. The monoisotopic (exact) mass is 454 g/mol. The molecule has 3 aromatic rings. The van der Waals surface area contributed by atoms with Crippen LogP contribution >= 0.6 is 0 Å². The lowest BCUT2D eigenvalue weighted by Crippen LogP contribution is -2.41. The molecule has 1 aliphatic rings. The Morgan fingerprint density at radius 2 is 1.73 bits per heavy atom. The molecule has 0 aliphatic heterocycles. The molecule has 4 rings (SSSR count). The lowest BCUT2D eigenvalue weighted by atomic mass is 9.93. The summed E-state index contributed by atoms with van der Waals surface area (Å²) >= 11 is 0. The highest BCUT2D eigenvalue weighted by molar-refractivity contribution is 5.94. The number of benzene rings is 2. The molecule has 1 aromatic heterocycles. The minimum atomic E-state index is -4.37. The summed E-state index contributed by atoms with van der Waals surface area (Å²) < 4.78 is 41.3. The van der Waals surface area contributed by atoms with Gasteiger partial charge in [0.05, 0.1) is 12.1 Å². The Balaban J connectivity index is 1.58. The van der Waals surface area contributed by atoms with E-state index in [4.69, 9.17) is 0 Å². The van der Waals surface area contributed by atoms with Crippen LogP contribution in [0.5, 0.6) is 0 Å². The Kier molecular flexibility index (Phi) is 6.91. The Bertz CT molecular complexity index is 1080. The summed E-state index contributed by atoms with van der Waals surface area (Å²) in [5.41, 5.74) is 2.62. The molecule has 1 fully saturated rings. The number of aromatic nitrogens is 1. The number of halogens is 3. The van der Waals surface area contributed by atoms with E-state index in [1.807, 2.05) is 59.0 Å². The van der Waals surface area contributed by atoms with Crippen molar-refractivity contribution in [2.24, 2.45) is 0 Å². The molecule has 0 atom stereocenters. The zero-order valence-corrected chi connectivity index (χ0v) is 18.8. The Labute approximate surface area is 192 Å². The van der Waals surface area contributed by atoms with Crippen molar-refractivity contribution in [3.8, 4) is 0 Å². The van der Waals surface area contributed by atoms with E-state index in [1.54, 1.807) is 6.07 Å². The average molecular weight is 455 g/mol. The molecule has 1 heterocycles. The second kappa shape index (κ2) is 9.86. The van der Waals surface area contributed by atoms with Crippen molar-refractivity contribution in [2.75, 3.05) is 0 Å². The van der Waals surface area contributed by atoms with Crippen molar-refractivity contribution in [1.82, 2.24) is 9.47 Å². The van der Waals surface area contributed by atoms with Crippen LogP contribution in [-0.4, -0.2) is 21.4 Å². The van der Waals surface area contributed by atoms with Crippen molar-refractivity contribution in [1.29, 1.82) is 0 Å². The second-order valence-corrected chi connectivity index (χ2v) is 8.92. The highest BCUT2D eigenvalue weighted by Crippen LogP contribution is 2.30. The van der Waals surface area contributed by atoms with E-state index in [1.165, 1.54) is 18.6 Å². The molecule has 1 saturated carbocycles. The van der Waals surface area contributed by atoms with Crippen LogP contribution in [0.15, 0.2) is 66.9 Å². The number of carbonyl (C=O) groups excluding carboxylic acids is 1. The zero-order chi connectivity index (χ0) is 23.4. The molecule has 1 aliphatic carbocycles. The van der Waals surface area contributed by atoms with Gasteiger partial charge in [0.1, 0.15) is 0 Å². The number of amides is 1. The van der Waals surface area contributed by atoms with Gasteiger partial charge in [-0.2, -0.15) is 13.2 Å². The maximum absolute atomic E-state index is 13.5. The van der Waals surface area contributed by atoms with E-state index in [2.05, 4.69) is 0 Å². The van der Waals surface area contributed by atoms with E-state index in [0.29, 0.717) is 24.2 Å². The SMILES string of the molecule is Cc1ccc(C(=O)N(Cc2cccn2Cc2cccc(C(F)(F)F)c2)C2CCCCC2)cc1. The van der Waals surface area contributed by atoms with Gasteiger partial charge in [0, 0.05) is 30.0 Å². The smallest absolute Gasteiger partial charge is 0.345 e. The average Bonchev–Trinajstić information content (AvgIpc) is 3.24. The Morgan fingerprint density at radius 3 is 2.42 bits per heavy atom. The van der Waals surface area contributed by atoms with Crippen LogP contribution in [0.1, 0.15) is 64.8 Å². The van der Waals surface area contributed by atoms with Crippen LogP contribution in [0.3, 0.4) is 0 Å². The molecule has 0 spiro atoms. The van der Waals surface area contributed by atoms with Gasteiger partial charge in [0.25, 0.3) is 5.91 Å². The predicted octanol–water partition coefficient (Wildman–Crippen LogP) is 6.84. The van der Waals surface area contributed by atoms with Gasteiger partial charge in [-0.25, -0.2) is 0 Å². The lowest BCUT2D eigenvalue weighted by Gasteiger charge is -2.35. The van der Waals surface area contributed by atoms with Crippen molar-refractivity contribution >= 4 is 5.91 Å². The molecular weight excluding hydrogens is 425 g/mol. The highest BCUT2D eigenvalue weighted by Gasteiger charge is 2.30. The second-order valence-electron chi connectivity index (χ2n) is 8.92. The fourth-order valence-electron chi connectivity index (χ4n) is 4.59. The lowest BCUT2D eigenvalue weighted by molar-refractivity contribution is -0.137.